The first kappa shape index (κ1) is 15.5. The molecular formula is C13H16N2O5. The molecular weight excluding hydrogens is 264 g/mol. The highest BCUT2D eigenvalue weighted by atomic mass is 16.5. The van der Waals surface area contributed by atoms with Gasteiger partial charge in [0.15, 0.2) is 0 Å². The third kappa shape index (κ3) is 4.60. The molecule has 0 fully saturated rings. The molecule has 1 rings (SSSR count). The summed E-state index contributed by atoms with van der Waals surface area (Å²) in [7, 11) is 1.24. The van der Waals surface area contributed by atoms with Gasteiger partial charge in [0.1, 0.15) is 0 Å². The van der Waals surface area contributed by atoms with Crippen LogP contribution in [-0.2, 0) is 9.53 Å². The number of aryl methyl sites for hydroxylation is 1. The molecule has 0 heterocycles. The van der Waals surface area contributed by atoms with E-state index in [2.05, 4.69) is 15.4 Å². The predicted molar refractivity (Wildman–Crippen MR) is 71.8 cm³/mol. The van der Waals surface area contributed by atoms with E-state index < -0.39 is 12.1 Å². The van der Waals surface area contributed by atoms with Crippen molar-refractivity contribution in [2.24, 2.45) is 0 Å². The van der Waals surface area contributed by atoms with E-state index in [1.165, 1.54) is 19.2 Å². The zero-order valence-corrected chi connectivity index (χ0v) is 11.2. The van der Waals surface area contributed by atoms with Crippen LogP contribution in [0, 0.1) is 6.92 Å². The van der Waals surface area contributed by atoms with Crippen LogP contribution in [0.15, 0.2) is 18.2 Å². The van der Waals surface area contributed by atoms with E-state index in [4.69, 9.17) is 5.11 Å². The number of rotatable bonds is 5. The average molecular weight is 280 g/mol. The van der Waals surface area contributed by atoms with Crippen LogP contribution in [0.25, 0.3) is 0 Å². The third-order valence-electron chi connectivity index (χ3n) is 2.55. The summed E-state index contributed by atoms with van der Waals surface area (Å²) in [4.78, 5) is 33.2. The Morgan fingerprint density at radius 1 is 1.30 bits per heavy atom. The normalized spacial score (nSPS) is 9.70. The fraction of sp³-hybridized carbons (Fsp3) is 0.308. The number of carbonyl (C=O) groups excluding carboxylic acids is 2. The lowest BCUT2D eigenvalue weighted by molar-refractivity contribution is -0.116. The Balaban J connectivity index is 2.52. The molecule has 0 aliphatic carbocycles. The van der Waals surface area contributed by atoms with Gasteiger partial charge in [-0.05, 0) is 30.7 Å². The van der Waals surface area contributed by atoms with Crippen molar-refractivity contribution >= 4 is 23.7 Å². The summed E-state index contributed by atoms with van der Waals surface area (Å²) >= 11 is 0. The third-order valence-corrected chi connectivity index (χ3v) is 2.55. The Labute approximate surface area is 115 Å². The first-order valence-electron chi connectivity index (χ1n) is 5.89. The van der Waals surface area contributed by atoms with Gasteiger partial charge in [0, 0.05) is 18.7 Å². The molecule has 3 N–H and O–H groups in total. The Bertz CT molecular complexity index is 527. The highest BCUT2D eigenvalue weighted by molar-refractivity contribution is 5.93. The largest absolute Gasteiger partial charge is 0.478 e. The first-order chi connectivity index (χ1) is 9.43. The van der Waals surface area contributed by atoms with Gasteiger partial charge < -0.3 is 20.5 Å². The lowest BCUT2D eigenvalue weighted by Crippen LogP contribution is -2.27. The van der Waals surface area contributed by atoms with Crippen LogP contribution >= 0.6 is 0 Å². The molecule has 108 valence electrons. The molecule has 1 aromatic rings. The van der Waals surface area contributed by atoms with Gasteiger partial charge in [-0.3, -0.25) is 4.79 Å². The summed E-state index contributed by atoms with van der Waals surface area (Å²) < 4.78 is 4.36. The van der Waals surface area contributed by atoms with Crippen molar-refractivity contribution in [3.8, 4) is 0 Å². The van der Waals surface area contributed by atoms with Crippen LogP contribution < -0.4 is 10.6 Å². The number of carboxylic acids is 1. The summed E-state index contributed by atoms with van der Waals surface area (Å²) in [6, 6.07) is 4.52. The van der Waals surface area contributed by atoms with Crippen molar-refractivity contribution in [1.29, 1.82) is 0 Å². The van der Waals surface area contributed by atoms with Crippen LogP contribution in [0.5, 0.6) is 0 Å². The number of hydrogen-bond acceptors (Lipinski definition) is 4. The van der Waals surface area contributed by atoms with Crippen molar-refractivity contribution < 1.29 is 24.2 Å². The fourth-order valence-electron chi connectivity index (χ4n) is 1.56. The number of carboxylic acid groups (broad SMARTS) is 1. The molecule has 0 saturated carbocycles. The van der Waals surface area contributed by atoms with E-state index in [0.717, 1.165) is 0 Å². The van der Waals surface area contributed by atoms with Gasteiger partial charge >= 0.3 is 12.1 Å². The summed E-state index contributed by atoms with van der Waals surface area (Å²) in [5.74, 6) is -1.30. The molecule has 7 nitrogen and oxygen atoms in total. The van der Waals surface area contributed by atoms with Crippen molar-refractivity contribution in [3.63, 3.8) is 0 Å². The number of hydrogen-bond donors (Lipinski definition) is 3. The highest BCUT2D eigenvalue weighted by Crippen LogP contribution is 2.15. The molecule has 0 aliphatic rings. The van der Waals surface area contributed by atoms with Crippen LogP contribution in [0.3, 0.4) is 0 Å². The number of nitrogens with one attached hydrogen (secondary N) is 2. The number of alkyl carbamates (subject to hydrolysis) is 1. The van der Waals surface area contributed by atoms with Gasteiger partial charge in [-0.15, -0.1) is 0 Å². The maximum Gasteiger partial charge on any atom is 0.406 e. The molecule has 0 bridgehead atoms. The quantitative estimate of drug-likeness (QED) is 0.755. The van der Waals surface area contributed by atoms with Gasteiger partial charge in [-0.25, -0.2) is 9.59 Å². The van der Waals surface area contributed by atoms with E-state index in [1.54, 1.807) is 13.0 Å². The molecule has 0 saturated heterocycles. The highest BCUT2D eigenvalue weighted by Gasteiger charge is 2.09. The number of aromatic carboxylic acids is 1. The van der Waals surface area contributed by atoms with Gasteiger partial charge in [0.2, 0.25) is 5.91 Å². The number of carbonyl (C=O) groups is 3. The molecule has 0 aliphatic heterocycles. The lowest BCUT2D eigenvalue weighted by atomic mass is 10.1. The fourth-order valence-corrected chi connectivity index (χ4v) is 1.56. The Kier molecular flexibility index (Phi) is 5.52. The monoisotopic (exact) mass is 280 g/mol. The molecule has 0 aromatic heterocycles. The Morgan fingerprint density at radius 3 is 2.55 bits per heavy atom. The second-order valence-electron chi connectivity index (χ2n) is 4.05. The van der Waals surface area contributed by atoms with Crippen LogP contribution in [0.2, 0.25) is 0 Å². The minimum Gasteiger partial charge on any atom is -0.478 e. The minimum absolute atomic E-state index is 0.0921. The number of anilines is 1. The molecule has 0 radical (unpaired) electrons. The maximum atomic E-state index is 11.6. The topological polar surface area (TPSA) is 105 Å². The molecule has 0 spiro atoms. The predicted octanol–water partition coefficient (Wildman–Crippen LogP) is 1.38. The van der Waals surface area contributed by atoms with Gasteiger partial charge in [-0.1, -0.05) is 0 Å². The van der Waals surface area contributed by atoms with Crippen LogP contribution in [0.4, 0.5) is 10.5 Å². The number of amides is 2. The number of methoxy groups -OCH3 is 1. The minimum atomic E-state index is -1.01. The summed E-state index contributed by atoms with van der Waals surface area (Å²) in [5, 5.41) is 13.9. The summed E-state index contributed by atoms with van der Waals surface area (Å²) in [6.45, 7) is 1.81. The van der Waals surface area contributed by atoms with Crippen molar-refractivity contribution in [3.05, 3.63) is 29.3 Å². The van der Waals surface area contributed by atoms with E-state index >= 15 is 0 Å². The lowest BCUT2D eigenvalue weighted by Gasteiger charge is -2.08. The number of ether oxygens (including phenoxy) is 1. The second kappa shape index (κ2) is 7.13. The number of benzene rings is 1. The van der Waals surface area contributed by atoms with Crippen LogP contribution in [0.1, 0.15) is 22.3 Å². The Morgan fingerprint density at radius 2 is 2.00 bits per heavy atom. The molecule has 1 aromatic carbocycles. The van der Waals surface area contributed by atoms with Gasteiger partial charge in [0.05, 0.1) is 12.7 Å². The smallest absolute Gasteiger partial charge is 0.406 e. The van der Waals surface area contributed by atoms with Gasteiger partial charge in [0.25, 0.3) is 0 Å². The zero-order chi connectivity index (χ0) is 15.1. The molecule has 20 heavy (non-hydrogen) atoms. The van der Waals surface area contributed by atoms with Crippen molar-refractivity contribution in [2.45, 2.75) is 13.3 Å². The summed E-state index contributed by atoms with van der Waals surface area (Å²) in [6.07, 6.45) is -0.506. The molecule has 7 heteroatoms. The van der Waals surface area contributed by atoms with E-state index in [9.17, 15) is 14.4 Å². The van der Waals surface area contributed by atoms with E-state index in [-0.39, 0.29) is 24.4 Å². The molecule has 2 amide bonds. The maximum absolute atomic E-state index is 11.6. The molecule has 0 unspecified atom stereocenters. The van der Waals surface area contributed by atoms with Crippen molar-refractivity contribution in [1.82, 2.24) is 5.32 Å². The van der Waals surface area contributed by atoms with Crippen molar-refractivity contribution in [2.75, 3.05) is 19.0 Å². The van der Waals surface area contributed by atoms with Gasteiger partial charge in [-0.2, -0.15) is 0 Å². The molecule has 0 atom stereocenters. The average Bonchev–Trinajstić information content (AvgIpc) is 2.38. The van der Waals surface area contributed by atoms with Crippen LogP contribution in [-0.4, -0.2) is 36.7 Å². The van der Waals surface area contributed by atoms with E-state index in [0.29, 0.717) is 11.3 Å². The zero-order valence-electron chi connectivity index (χ0n) is 11.2. The summed E-state index contributed by atoms with van der Waals surface area (Å²) in [5.41, 5.74) is 1.26. The standard InChI is InChI=1S/C13H16N2O5/c1-8-7-9(3-4-10(8)12(17)18)15-11(16)5-6-14-13(19)20-2/h3-4,7H,5-6H2,1-2H3,(H,14,19)(H,15,16)(H,17,18). The SMILES string of the molecule is COC(=O)NCCC(=O)Nc1ccc(C(=O)O)c(C)c1. The first-order valence-corrected chi connectivity index (χ1v) is 5.89. The Hall–Kier alpha value is -2.57. The van der Waals surface area contributed by atoms with E-state index in [1.807, 2.05) is 0 Å². The second-order valence-corrected chi connectivity index (χ2v) is 4.05.